The van der Waals surface area contributed by atoms with Crippen molar-refractivity contribution in [2.24, 2.45) is 0 Å². The van der Waals surface area contributed by atoms with E-state index < -0.39 is 10.0 Å². The molecule has 0 amide bonds. The van der Waals surface area contributed by atoms with Crippen LogP contribution in [0.5, 0.6) is 0 Å². The molecule has 0 bridgehead atoms. The highest BCUT2D eigenvalue weighted by Crippen LogP contribution is 2.24. The topological polar surface area (TPSA) is 71.1 Å². The maximum absolute atomic E-state index is 12.5. The lowest BCUT2D eigenvalue weighted by Crippen LogP contribution is -2.15. The highest BCUT2D eigenvalue weighted by molar-refractivity contribution is 7.92. The maximum Gasteiger partial charge on any atom is 0.261 e. The van der Waals surface area contributed by atoms with E-state index in [4.69, 9.17) is 0 Å². The predicted molar refractivity (Wildman–Crippen MR) is 98.9 cm³/mol. The summed E-state index contributed by atoms with van der Waals surface area (Å²) in [5, 5.41) is 3.16. The van der Waals surface area contributed by atoms with Crippen LogP contribution in [0.3, 0.4) is 0 Å². The van der Waals surface area contributed by atoms with E-state index >= 15 is 0 Å². The van der Waals surface area contributed by atoms with Crippen molar-refractivity contribution in [1.29, 1.82) is 0 Å². The van der Waals surface area contributed by atoms with Gasteiger partial charge in [0, 0.05) is 6.04 Å². The summed E-state index contributed by atoms with van der Waals surface area (Å²) >= 11 is 0. The predicted octanol–water partition coefficient (Wildman–Crippen LogP) is 4.00. The van der Waals surface area contributed by atoms with Crippen LogP contribution >= 0.6 is 0 Å². The van der Waals surface area contributed by atoms with Crippen molar-refractivity contribution in [2.75, 3.05) is 10.0 Å². The van der Waals surface area contributed by atoms with Gasteiger partial charge in [-0.1, -0.05) is 32.9 Å². The number of sulfonamides is 1. The van der Waals surface area contributed by atoms with Crippen LogP contribution < -0.4 is 10.0 Å². The van der Waals surface area contributed by atoms with E-state index in [0.29, 0.717) is 11.5 Å². The molecule has 0 unspecified atom stereocenters. The Labute approximate surface area is 144 Å². The van der Waals surface area contributed by atoms with Gasteiger partial charge in [0.05, 0.1) is 16.8 Å². The minimum Gasteiger partial charge on any atom is -0.368 e. The summed E-state index contributed by atoms with van der Waals surface area (Å²) in [4.78, 5) is 4.44. The number of anilines is 2. The normalized spacial score (nSPS) is 12.2. The Morgan fingerprint density at radius 3 is 2.08 bits per heavy atom. The second-order valence-electron chi connectivity index (χ2n) is 7.11. The van der Waals surface area contributed by atoms with Crippen molar-refractivity contribution in [3.05, 3.63) is 48.2 Å². The summed E-state index contributed by atoms with van der Waals surface area (Å²) in [5.74, 6) is 0.711. The van der Waals surface area contributed by atoms with Crippen LogP contribution in [-0.2, 0) is 15.4 Å². The maximum atomic E-state index is 12.5. The van der Waals surface area contributed by atoms with Gasteiger partial charge in [-0.2, -0.15) is 0 Å². The van der Waals surface area contributed by atoms with Crippen LogP contribution in [0.1, 0.15) is 40.2 Å². The summed E-state index contributed by atoms with van der Waals surface area (Å²) in [7, 11) is -3.62. The zero-order valence-corrected chi connectivity index (χ0v) is 15.6. The van der Waals surface area contributed by atoms with Crippen LogP contribution in [-0.4, -0.2) is 19.4 Å². The van der Waals surface area contributed by atoms with Gasteiger partial charge in [-0.15, -0.1) is 0 Å². The molecule has 0 saturated heterocycles. The van der Waals surface area contributed by atoms with Gasteiger partial charge < -0.3 is 5.32 Å². The van der Waals surface area contributed by atoms with Crippen molar-refractivity contribution in [1.82, 2.24) is 4.98 Å². The standard InChI is InChI=1S/C18H25N3O2S/c1-13(2)20-17-11-8-15(12-19-17)21-24(22,23)16-9-6-14(7-10-16)18(3,4)5/h6-13,21H,1-5H3,(H,19,20). The molecule has 2 rings (SSSR count). The number of aromatic nitrogens is 1. The van der Waals surface area contributed by atoms with Crippen LogP contribution in [0, 0.1) is 0 Å². The molecule has 2 N–H and O–H groups in total. The molecule has 1 aromatic carbocycles. The second-order valence-corrected chi connectivity index (χ2v) is 8.79. The quantitative estimate of drug-likeness (QED) is 0.857. The highest BCUT2D eigenvalue weighted by atomic mass is 32.2. The molecule has 0 aliphatic carbocycles. The number of nitrogens with one attached hydrogen (secondary N) is 2. The molecule has 2 aromatic rings. The van der Waals surface area contributed by atoms with Gasteiger partial charge in [0.15, 0.2) is 0 Å². The Balaban J connectivity index is 2.16. The lowest BCUT2D eigenvalue weighted by molar-refractivity contribution is 0.587. The van der Waals surface area contributed by atoms with Gasteiger partial charge in [-0.25, -0.2) is 13.4 Å². The average Bonchev–Trinajstić information content (AvgIpc) is 2.48. The monoisotopic (exact) mass is 347 g/mol. The number of hydrogen-bond acceptors (Lipinski definition) is 4. The number of rotatable bonds is 5. The largest absolute Gasteiger partial charge is 0.368 e. The first-order valence-corrected chi connectivity index (χ1v) is 9.42. The van der Waals surface area contributed by atoms with E-state index in [1.807, 2.05) is 26.0 Å². The van der Waals surface area contributed by atoms with E-state index in [1.54, 1.807) is 24.3 Å². The van der Waals surface area contributed by atoms with E-state index in [-0.39, 0.29) is 16.4 Å². The van der Waals surface area contributed by atoms with Crippen LogP contribution in [0.4, 0.5) is 11.5 Å². The molecule has 0 saturated carbocycles. The van der Waals surface area contributed by atoms with Gasteiger partial charge in [0.2, 0.25) is 0 Å². The fourth-order valence-corrected chi connectivity index (χ4v) is 3.23. The van der Waals surface area contributed by atoms with Crippen molar-refractivity contribution in [3.63, 3.8) is 0 Å². The number of benzene rings is 1. The Hall–Kier alpha value is -2.08. The van der Waals surface area contributed by atoms with Gasteiger partial charge in [0.1, 0.15) is 5.82 Å². The zero-order valence-electron chi connectivity index (χ0n) is 14.8. The fraction of sp³-hybridized carbons (Fsp3) is 0.389. The Kier molecular flexibility index (Phi) is 5.18. The Morgan fingerprint density at radius 1 is 1.00 bits per heavy atom. The molecule has 1 heterocycles. The van der Waals surface area contributed by atoms with Crippen LogP contribution in [0.2, 0.25) is 0 Å². The third-order valence-corrected chi connectivity index (χ3v) is 4.88. The molecule has 0 radical (unpaired) electrons. The van der Waals surface area contributed by atoms with Gasteiger partial charge in [-0.3, -0.25) is 4.72 Å². The van der Waals surface area contributed by atoms with Gasteiger partial charge in [-0.05, 0) is 49.1 Å². The van der Waals surface area contributed by atoms with Gasteiger partial charge in [0.25, 0.3) is 10.0 Å². The van der Waals surface area contributed by atoms with Crippen molar-refractivity contribution in [2.45, 2.75) is 51.0 Å². The Bertz CT molecular complexity index is 775. The Morgan fingerprint density at radius 2 is 1.62 bits per heavy atom. The van der Waals surface area contributed by atoms with E-state index in [2.05, 4.69) is 35.8 Å². The van der Waals surface area contributed by atoms with Crippen molar-refractivity contribution in [3.8, 4) is 0 Å². The van der Waals surface area contributed by atoms with E-state index in [1.165, 1.54) is 6.20 Å². The highest BCUT2D eigenvalue weighted by Gasteiger charge is 2.17. The van der Waals surface area contributed by atoms with Crippen LogP contribution in [0.25, 0.3) is 0 Å². The summed E-state index contributed by atoms with van der Waals surface area (Å²) in [6.07, 6.45) is 1.51. The lowest BCUT2D eigenvalue weighted by Gasteiger charge is -2.19. The van der Waals surface area contributed by atoms with E-state index in [0.717, 1.165) is 5.56 Å². The summed E-state index contributed by atoms with van der Waals surface area (Å²) in [6, 6.07) is 10.7. The summed E-state index contributed by atoms with van der Waals surface area (Å²) in [5.41, 5.74) is 1.51. The third-order valence-electron chi connectivity index (χ3n) is 3.48. The zero-order chi connectivity index (χ0) is 18.0. The molecular formula is C18H25N3O2S. The molecule has 6 heteroatoms. The number of nitrogens with zero attached hydrogens (tertiary/aromatic N) is 1. The summed E-state index contributed by atoms with van der Waals surface area (Å²) < 4.78 is 27.5. The van der Waals surface area contributed by atoms with Crippen molar-refractivity contribution >= 4 is 21.5 Å². The minimum atomic E-state index is -3.62. The lowest BCUT2D eigenvalue weighted by atomic mass is 9.87. The molecule has 5 nitrogen and oxygen atoms in total. The third kappa shape index (κ3) is 4.71. The molecule has 1 aromatic heterocycles. The number of pyridine rings is 1. The fourth-order valence-electron chi connectivity index (χ4n) is 2.18. The second kappa shape index (κ2) is 6.81. The first kappa shape index (κ1) is 18.3. The van der Waals surface area contributed by atoms with Crippen LogP contribution in [0.15, 0.2) is 47.5 Å². The molecule has 130 valence electrons. The first-order valence-electron chi connectivity index (χ1n) is 7.94. The number of hydrogen-bond donors (Lipinski definition) is 2. The molecular weight excluding hydrogens is 322 g/mol. The first-order chi connectivity index (χ1) is 11.1. The molecule has 0 aliphatic rings. The molecule has 0 spiro atoms. The molecule has 24 heavy (non-hydrogen) atoms. The summed E-state index contributed by atoms with van der Waals surface area (Å²) in [6.45, 7) is 10.3. The average molecular weight is 347 g/mol. The van der Waals surface area contributed by atoms with E-state index in [9.17, 15) is 8.42 Å². The smallest absolute Gasteiger partial charge is 0.261 e. The molecule has 0 aliphatic heterocycles. The minimum absolute atomic E-state index is 0.0150. The SMILES string of the molecule is CC(C)Nc1ccc(NS(=O)(=O)c2ccc(C(C)(C)C)cc2)cn1. The molecule has 0 atom stereocenters. The molecule has 0 fully saturated rings. The van der Waals surface area contributed by atoms with Gasteiger partial charge >= 0.3 is 0 Å². The van der Waals surface area contributed by atoms with Crippen molar-refractivity contribution < 1.29 is 8.42 Å².